The highest BCUT2D eigenvalue weighted by molar-refractivity contribution is 5.29. The van der Waals surface area contributed by atoms with Crippen molar-refractivity contribution in [1.82, 2.24) is 0 Å². The Morgan fingerprint density at radius 1 is 1.28 bits per heavy atom. The number of hydrogen-bond acceptors (Lipinski definition) is 1. The normalized spacial score (nSPS) is 19.7. The van der Waals surface area contributed by atoms with Crippen LogP contribution in [0.25, 0.3) is 0 Å². The molecule has 5 heteroatoms. The van der Waals surface area contributed by atoms with Crippen molar-refractivity contribution >= 4 is 0 Å². The van der Waals surface area contributed by atoms with E-state index in [1.807, 2.05) is 0 Å². The number of rotatable bonds is 3. The van der Waals surface area contributed by atoms with E-state index in [0.29, 0.717) is 12.0 Å². The molecule has 2 unspecified atom stereocenters. The first kappa shape index (κ1) is 13.3. The molecule has 1 fully saturated rings. The van der Waals surface area contributed by atoms with Crippen LogP contribution < -0.4 is 0 Å². The monoisotopic (exact) mass is 262 g/mol. The first-order chi connectivity index (χ1) is 8.30. The lowest BCUT2D eigenvalue weighted by molar-refractivity contribution is -0.140. The lowest BCUT2D eigenvalue weighted by Crippen LogP contribution is -2.14. The molecule has 0 bridgehead atoms. The molecule has 1 saturated carbocycles. The summed E-state index contributed by atoms with van der Waals surface area (Å²) in [7, 11) is 0. The van der Waals surface area contributed by atoms with Crippen molar-refractivity contribution in [3.05, 3.63) is 35.1 Å². The van der Waals surface area contributed by atoms with E-state index in [4.69, 9.17) is 0 Å². The van der Waals surface area contributed by atoms with Gasteiger partial charge in [-0.2, -0.15) is 13.2 Å². The molecule has 2 atom stereocenters. The number of hydrogen-bond donors (Lipinski definition) is 1. The third-order valence-electron chi connectivity index (χ3n) is 3.50. The van der Waals surface area contributed by atoms with Gasteiger partial charge in [0.15, 0.2) is 0 Å². The first-order valence-corrected chi connectivity index (χ1v) is 5.85. The van der Waals surface area contributed by atoms with Gasteiger partial charge in [0.1, 0.15) is 5.82 Å². The molecule has 1 aliphatic rings. The lowest BCUT2D eigenvalue weighted by atomic mass is 9.92. The van der Waals surface area contributed by atoms with E-state index in [1.165, 1.54) is 6.07 Å². The molecule has 1 nitrogen and oxygen atoms in total. The SMILES string of the molecule is CC(C1CC1)C(O)c1ccc(F)c(C(F)(F)F)c1. The number of alkyl halides is 3. The van der Waals surface area contributed by atoms with Crippen LogP contribution >= 0.6 is 0 Å². The van der Waals surface area contributed by atoms with E-state index in [1.54, 1.807) is 6.92 Å². The number of aliphatic hydroxyl groups excluding tert-OH is 1. The van der Waals surface area contributed by atoms with Crippen molar-refractivity contribution < 1.29 is 22.7 Å². The van der Waals surface area contributed by atoms with Gasteiger partial charge in [-0.05, 0) is 42.4 Å². The summed E-state index contributed by atoms with van der Waals surface area (Å²) in [6.07, 6.45) is -3.72. The fourth-order valence-electron chi connectivity index (χ4n) is 2.13. The number of aliphatic hydroxyl groups is 1. The molecule has 0 amide bonds. The van der Waals surface area contributed by atoms with Gasteiger partial charge in [-0.3, -0.25) is 0 Å². The summed E-state index contributed by atoms with van der Waals surface area (Å²) < 4.78 is 50.7. The van der Waals surface area contributed by atoms with Crippen molar-refractivity contribution in [2.45, 2.75) is 32.0 Å². The maximum absolute atomic E-state index is 13.1. The number of benzene rings is 1. The van der Waals surface area contributed by atoms with Crippen LogP contribution in [0, 0.1) is 17.7 Å². The molecule has 1 aromatic rings. The molecular formula is C13H14F4O. The molecule has 0 aliphatic heterocycles. The van der Waals surface area contributed by atoms with Crippen molar-refractivity contribution in [2.75, 3.05) is 0 Å². The Balaban J connectivity index is 2.28. The second-order valence-corrected chi connectivity index (χ2v) is 4.88. The van der Waals surface area contributed by atoms with Crippen LogP contribution in [0.15, 0.2) is 18.2 Å². The summed E-state index contributed by atoms with van der Waals surface area (Å²) in [6, 6.07) is 2.69. The van der Waals surface area contributed by atoms with E-state index in [9.17, 15) is 22.7 Å². The quantitative estimate of drug-likeness (QED) is 0.818. The maximum atomic E-state index is 13.1. The predicted molar refractivity (Wildman–Crippen MR) is 58.2 cm³/mol. The van der Waals surface area contributed by atoms with E-state index < -0.39 is 23.7 Å². The molecule has 2 rings (SSSR count). The van der Waals surface area contributed by atoms with Crippen molar-refractivity contribution in [2.24, 2.45) is 11.8 Å². The molecule has 0 aromatic heterocycles. The molecule has 0 spiro atoms. The van der Waals surface area contributed by atoms with Gasteiger partial charge in [0, 0.05) is 0 Å². The van der Waals surface area contributed by atoms with Gasteiger partial charge in [-0.1, -0.05) is 13.0 Å². The smallest absolute Gasteiger partial charge is 0.388 e. The Hall–Kier alpha value is -1.10. The van der Waals surface area contributed by atoms with Gasteiger partial charge in [-0.15, -0.1) is 0 Å². The third-order valence-corrected chi connectivity index (χ3v) is 3.50. The average molecular weight is 262 g/mol. The zero-order valence-corrected chi connectivity index (χ0v) is 9.84. The Morgan fingerprint density at radius 2 is 1.89 bits per heavy atom. The van der Waals surface area contributed by atoms with Gasteiger partial charge in [0.05, 0.1) is 11.7 Å². The van der Waals surface area contributed by atoms with Gasteiger partial charge in [0.25, 0.3) is 0 Å². The molecule has 0 saturated heterocycles. The molecule has 100 valence electrons. The van der Waals surface area contributed by atoms with Crippen LogP contribution in [-0.4, -0.2) is 5.11 Å². The van der Waals surface area contributed by atoms with Crippen LogP contribution in [0.2, 0.25) is 0 Å². The first-order valence-electron chi connectivity index (χ1n) is 5.85. The highest BCUT2D eigenvalue weighted by atomic mass is 19.4. The second kappa shape index (κ2) is 4.53. The molecule has 0 radical (unpaired) electrons. The zero-order valence-electron chi connectivity index (χ0n) is 9.84. The van der Waals surface area contributed by atoms with E-state index in [-0.39, 0.29) is 11.5 Å². The van der Waals surface area contributed by atoms with Crippen molar-refractivity contribution in [3.8, 4) is 0 Å². The van der Waals surface area contributed by atoms with Crippen molar-refractivity contribution in [1.29, 1.82) is 0 Å². The molecule has 1 N–H and O–H groups in total. The van der Waals surface area contributed by atoms with Gasteiger partial charge >= 0.3 is 6.18 Å². The average Bonchev–Trinajstić information content (AvgIpc) is 3.10. The molecule has 0 heterocycles. The summed E-state index contributed by atoms with van der Waals surface area (Å²) in [4.78, 5) is 0. The second-order valence-electron chi connectivity index (χ2n) is 4.88. The minimum atomic E-state index is -4.73. The van der Waals surface area contributed by atoms with Gasteiger partial charge < -0.3 is 5.11 Å². The van der Waals surface area contributed by atoms with Gasteiger partial charge in [-0.25, -0.2) is 4.39 Å². The van der Waals surface area contributed by atoms with E-state index in [2.05, 4.69) is 0 Å². The van der Waals surface area contributed by atoms with Gasteiger partial charge in [0.2, 0.25) is 0 Å². The molecule has 1 aliphatic carbocycles. The van der Waals surface area contributed by atoms with E-state index in [0.717, 1.165) is 18.9 Å². The standard InChI is InChI=1S/C13H14F4O/c1-7(8-2-3-8)12(18)9-4-5-11(14)10(6-9)13(15,16)17/h4-8,12,18H,2-3H2,1H3. The zero-order chi connectivity index (χ0) is 13.5. The van der Waals surface area contributed by atoms with Crippen LogP contribution in [-0.2, 0) is 6.18 Å². The molecular weight excluding hydrogens is 248 g/mol. The summed E-state index contributed by atoms with van der Waals surface area (Å²) in [6.45, 7) is 1.80. The van der Waals surface area contributed by atoms with Crippen LogP contribution in [0.3, 0.4) is 0 Å². The Kier molecular flexibility index (Phi) is 3.36. The van der Waals surface area contributed by atoms with Crippen LogP contribution in [0.4, 0.5) is 17.6 Å². The van der Waals surface area contributed by atoms with Crippen LogP contribution in [0.5, 0.6) is 0 Å². The summed E-state index contributed by atoms with van der Waals surface area (Å²) in [5, 5.41) is 9.99. The van der Waals surface area contributed by atoms with E-state index >= 15 is 0 Å². The van der Waals surface area contributed by atoms with Crippen molar-refractivity contribution in [3.63, 3.8) is 0 Å². The summed E-state index contributed by atoms with van der Waals surface area (Å²) in [5.74, 6) is -1.05. The Labute approximate surface area is 102 Å². The molecule has 18 heavy (non-hydrogen) atoms. The topological polar surface area (TPSA) is 20.2 Å². The highest BCUT2D eigenvalue weighted by Crippen LogP contribution is 2.43. The predicted octanol–water partition coefficient (Wildman–Crippen LogP) is 3.92. The fourth-order valence-corrected chi connectivity index (χ4v) is 2.13. The third kappa shape index (κ3) is 2.66. The highest BCUT2D eigenvalue weighted by Gasteiger charge is 2.37. The maximum Gasteiger partial charge on any atom is 0.419 e. The minimum absolute atomic E-state index is 0.100. The Bertz CT molecular complexity index is 437. The fraction of sp³-hybridized carbons (Fsp3) is 0.538. The number of halogens is 4. The molecule has 1 aromatic carbocycles. The largest absolute Gasteiger partial charge is 0.419 e. The summed E-state index contributed by atoms with van der Waals surface area (Å²) >= 11 is 0. The van der Waals surface area contributed by atoms with Crippen LogP contribution in [0.1, 0.15) is 37.0 Å². The minimum Gasteiger partial charge on any atom is -0.388 e. The Morgan fingerprint density at radius 3 is 2.39 bits per heavy atom. The summed E-state index contributed by atoms with van der Waals surface area (Å²) in [5.41, 5.74) is -1.19. The lowest BCUT2D eigenvalue weighted by Gasteiger charge is -2.20.